The summed E-state index contributed by atoms with van der Waals surface area (Å²) in [6.45, 7) is 3.70. The molecule has 0 heterocycles. The van der Waals surface area contributed by atoms with Crippen LogP contribution >= 0.6 is 15.9 Å². The quantitative estimate of drug-likeness (QED) is 0.810. The predicted octanol–water partition coefficient (Wildman–Crippen LogP) is 2.99. The lowest BCUT2D eigenvalue weighted by molar-refractivity contribution is 0.0939. The Bertz CT molecular complexity index is 332. The molecule has 0 radical (unpaired) electrons. The summed E-state index contributed by atoms with van der Waals surface area (Å²) >= 11 is 3.16. The third-order valence-electron chi connectivity index (χ3n) is 1.76. The number of benzene rings is 1. The number of rotatable bonds is 2. The normalized spacial score (nSPS) is 10.5. The van der Waals surface area contributed by atoms with Crippen molar-refractivity contribution in [3.63, 3.8) is 0 Å². The van der Waals surface area contributed by atoms with Crippen molar-refractivity contribution in [1.82, 2.24) is 0 Å². The first-order chi connectivity index (χ1) is 6.02. The van der Waals surface area contributed by atoms with Crippen molar-refractivity contribution >= 4 is 21.7 Å². The molecule has 1 aromatic rings. The second-order valence-electron chi connectivity index (χ2n) is 3.19. The lowest BCUT2D eigenvalue weighted by Gasteiger charge is -2.04. The highest BCUT2D eigenvalue weighted by Gasteiger charge is 2.11. The highest BCUT2D eigenvalue weighted by molar-refractivity contribution is 9.10. The molecule has 0 aromatic heterocycles. The van der Waals surface area contributed by atoms with Crippen molar-refractivity contribution in [2.75, 3.05) is 0 Å². The molecule has 0 aliphatic carbocycles. The smallest absolute Gasteiger partial charge is 0.165 e. The van der Waals surface area contributed by atoms with E-state index in [0.29, 0.717) is 10.0 Å². The molecule has 2 nitrogen and oxygen atoms in total. The molecule has 0 saturated heterocycles. The van der Waals surface area contributed by atoms with E-state index in [1.165, 1.54) is 6.07 Å². The zero-order valence-electron chi connectivity index (χ0n) is 7.54. The summed E-state index contributed by atoms with van der Waals surface area (Å²) in [5.41, 5.74) is 0.625. The average Bonchev–Trinajstić information content (AvgIpc) is 2.08. The second kappa shape index (κ2) is 3.92. The lowest BCUT2D eigenvalue weighted by Crippen LogP contribution is -2.06. The van der Waals surface area contributed by atoms with Crippen molar-refractivity contribution in [3.8, 4) is 5.75 Å². The molecule has 0 amide bonds. The Kier molecular flexibility index (Phi) is 3.09. The van der Waals surface area contributed by atoms with Crippen LogP contribution in [0.5, 0.6) is 5.75 Å². The lowest BCUT2D eigenvalue weighted by atomic mass is 10.0. The molecule has 70 valence electrons. The minimum Gasteiger partial charge on any atom is -0.507 e. The highest BCUT2D eigenvalue weighted by Crippen LogP contribution is 2.25. The number of phenols is 1. The summed E-state index contributed by atoms with van der Waals surface area (Å²) in [7, 11) is 0. The van der Waals surface area contributed by atoms with Gasteiger partial charge >= 0.3 is 0 Å². The molecule has 1 rings (SSSR count). The van der Waals surface area contributed by atoms with Crippen molar-refractivity contribution in [1.29, 1.82) is 0 Å². The minimum absolute atomic E-state index is 0.0172. The molecule has 0 aliphatic heterocycles. The van der Waals surface area contributed by atoms with Gasteiger partial charge in [-0.3, -0.25) is 4.79 Å². The zero-order chi connectivity index (χ0) is 10.0. The molecule has 1 aromatic carbocycles. The summed E-state index contributed by atoms with van der Waals surface area (Å²) in [6, 6.07) is 4.78. The first-order valence-corrected chi connectivity index (χ1v) is 4.84. The Morgan fingerprint density at radius 2 is 2.08 bits per heavy atom. The van der Waals surface area contributed by atoms with E-state index in [1.54, 1.807) is 12.1 Å². The van der Waals surface area contributed by atoms with E-state index in [9.17, 15) is 9.90 Å². The van der Waals surface area contributed by atoms with Gasteiger partial charge in [0.25, 0.3) is 0 Å². The number of halogens is 1. The Balaban J connectivity index is 3.04. The Morgan fingerprint density at radius 3 is 2.54 bits per heavy atom. The standard InChI is InChI=1S/C10H11BrO2/c1-6(2)10(13)7-3-4-9(12)8(11)5-7/h3-6,12H,1-2H3. The van der Waals surface area contributed by atoms with Gasteiger partial charge in [0, 0.05) is 11.5 Å². The number of hydrogen-bond donors (Lipinski definition) is 1. The molecular formula is C10H11BrO2. The van der Waals surface area contributed by atoms with E-state index in [-0.39, 0.29) is 17.5 Å². The van der Waals surface area contributed by atoms with Crippen LogP contribution in [0.25, 0.3) is 0 Å². The number of carbonyl (C=O) groups is 1. The van der Waals surface area contributed by atoms with Gasteiger partial charge in [-0.25, -0.2) is 0 Å². The Hall–Kier alpha value is -0.830. The fraction of sp³-hybridized carbons (Fsp3) is 0.300. The number of hydrogen-bond acceptors (Lipinski definition) is 2. The van der Waals surface area contributed by atoms with Crippen LogP contribution in [0.2, 0.25) is 0 Å². The summed E-state index contributed by atoms with van der Waals surface area (Å²) in [4.78, 5) is 11.5. The van der Waals surface area contributed by atoms with Crippen LogP contribution in [0.1, 0.15) is 24.2 Å². The monoisotopic (exact) mass is 242 g/mol. The minimum atomic E-state index is -0.0172. The van der Waals surface area contributed by atoms with Gasteiger partial charge in [0.1, 0.15) is 5.75 Å². The van der Waals surface area contributed by atoms with Gasteiger partial charge in [0.2, 0.25) is 0 Å². The molecule has 0 saturated carbocycles. The maximum atomic E-state index is 11.5. The maximum Gasteiger partial charge on any atom is 0.165 e. The topological polar surface area (TPSA) is 37.3 Å². The van der Waals surface area contributed by atoms with E-state index in [2.05, 4.69) is 15.9 Å². The van der Waals surface area contributed by atoms with Crippen molar-refractivity contribution in [2.45, 2.75) is 13.8 Å². The van der Waals surface area contributed by atoms with E-state index in [1.807, 2.05) is 13.8 Å². The maximum absolute atomic E-state index is 11.5. The highest BCUT2D eigenvalue weighted by atomic mass is 79.9. The first kappa shape index (κ1) is 10.3. The number of Topliss-reactive ketones (excluding diaryl/α,β-unsaturated/α-hetero) is 1. The molecule has 0 atom stereocenters. The second-order valence-corrected chi connectivity index (χ2v) is 4.04. The molecule has 0 fully saturated rings. The Morgan fingerprint density at radius 1 is 1.46 bits per heavy atom. The molecule has 0 bridgehead atoms. The summed E-state index contributed by atoms with van der Waals surface area (Å²) < 4.78 is 0.555. The van der Waals surface area contributed by atoms with Gasteiger partial charge in [0.15, 0.2) is 5.78 Å². The van der Waals surface area contributed by atoms with Crippen LogP contribution in [-0.4, -0.2) is 10.9 Å². The van der Waals surface area contributed by atoms with Gasteiger partial charge in [-0.15, -0.1) is 0 Å². The molecule has 0 unspecified atom stereocenters. The third kappa shape index (κ3) is 2.31. The van der Waals surface area contributed by atoms with Crippen molar-refractivity contribution in [3.05, 3.63) is 28.2 Å². The van der Waals surface area contributed by atoms with Crippen LogP contribution in [0.15, 0.2) is 22.7 Å². The van der Waals surface area contributed by atoms with Gasteiger partial charge in [-0.05, 0) is 34.1 Å². The van der Waals surface area contributed by atoms with Gasteiger partial charge < -0.3 is 5.11 Å². The number of aromatic hydroxyl groups is 1. The van der Waals surface area contributed by atoms with E-state index < -0.39 is 0 Å². The van der Waals surface area contributed by atoms with E-state index in [4.69, 9.17) is 0 Å². The molecule has 1 N–H and O–H groups in total. The number of phenolic OH excluding ortho intramolecular Hbond substituents is 1. The average molecular weight is 243 g/mol. The zero-order valence-corrected chi connectivity index (χ0v) is 9.13. The fourth-order valence-electron chi connectivity index (χ4n) is 0.993. The third-order valence-corrected chi connectivity index (χ3v) is 2.39. The molecular weight excluding hydrogens is 232 g/mol. The van der Waals surface area contributed by atoms with Crippen molar-refractivity contribution < 1.29 is 9.90 Å². The van der Waals surface area contributed by atoms with Gasteiger partial charge in [0.05, 0.1) is 4.47 Å². The molecule has 3 heteroatoms. The van der Waals surface area contributed by atoms with Crippen LogP contribution in [0.3, 0.4) is 0 Å². The first-order valence-electron chi connectivity index (χ1n) is 4.05. The van der Waals surface area contributed by atoms with Crippen LogP contribution in [0.4, 0.5) is 0 Å². The summed E-state index contributed by atoms with van der Waals surface area (Å²) in [5, 5.41) is 9.21. The van der Waals surface area contributed by atoms with Crippen LogP contribution < -0.4 is 0 Å². The van der Waals surface area contributed by atoms with Crippen LogP contribution in [0, 0.1) is 5.92 Å². The fourth-order valence-corrected chi connectivity index (χ4v) is 1.37. The Labute approximate surface area is 85.7 Å². The predicted molar refractivity (Wildman–Crippen MR) is 55.0 cm³/mol. The SMILES string of the molecule is CC(C)C(=O)c1ccc(O)c(Br)c1. The largest absolute Gasteiger partial charge is 0.507 e. The molecule has 0 aliphatic rings. The van der Waals surface area contributed by atoms with E-state index >= 15 is 0 Å². The van der Waals surface area contributed by atoms with Gasteiger partial charge in [-0.1, -0.05) is 13.8 Å². The number of ketones is 1. The molecule has 0 spiro atoms. The van der Waals surface area contributed by atoms with E-state index in [0.717, 1.165) is 0 Å². The summed E-state index contributed by atoms with van der Waals surface area (Å²) in [5.74, 6) is 0.220. The molecule has 13 heavy (non-hydrogen) atoms. The van der Waals surface area contributed by atoms with Crippen LogP contribution in [-0.2, 0) is 0 Å². The van der Waals surface area contributed by atoms with Crippen molar-refractivity contribution in [2.24, 2.45) is 5.92 Å². The summed E-state index contributed by atoms with van der Waals surface area (Å²) in [6.07, 6.45) is 0. The number of carbonyl (C=O) groups excluding carboxylic acids is 1. The van der Waals surface area contributed by atoms with Gasteiger partial charge in [-0.2, -0.15) is 0 Å².